The Morgan fingerprint density at radius 1 is 1.06 bits per heavy atom. The molecule has 35 heavy (non-hydrogen) atoms. The van der Waals surface area contributed by atoms with Crippen molar-refractivity contribution in [2.75, 3.05) is 18.4 Å². The fourth-order valence-corrected chi connectivity index (χ4v) is 3.76. The number of carbonyl (C=O) groups is 3. The number of amides is 4. The van der Waals surface area contributed by atoms with Crippen molar-refractivity contribution in [3.05, 3.63) is 65.9 Å². The molecule has 9 nitrogen and oxygen atoms in total. The number of rotatable bonds is 10. The molecule has 1 aromatic heterocycles. The molecule has 0 saturated heterocycles. The van der Waals surface area contributed by atoms with Crippen LogP contribution in [0.2, 0.25) is 0 Å². The second-order valence-corrected chi connectivity index (χ2v) is 8.60. The molecule has 2 aromatic carbocycles. The molecule has 182 valence electrons. The Morgan fingerprint density at radius 3 is 2.63 bits per heavy atom. The number of hydrogen-bond donors (Lipinski definition) is 5. The zero-order valence-corrected chi connectivity index (χ0v) is 19.9. The van der Waals surface area contributed by atoms with E-state index in [1.165, 1.54) is 0 Å². The molecule has 3 rings (SSSR count). The maximum atomic E-state index is 12.8. The standard InChI is InChI=1S/C26H30N6O3/c1-17(2)14-23(25(34)28-13-11-27)32-24(33)18-6-5-7-20(15-18)31-26(35)29-12-10-19-16-30-22-9-4-3-8-21(19)22/h3-9,15-17,23,30H,10,12-14H2,1-2H3,(H,28,34)(H,32,33)(H2,29,31,35). The Hall–Kier alpha value is -4.32. The lowest BCUT2D eigenvalue weighted by molar-refractivity contribution is -0.123. The molecule has 1 atom stereocenters. The average Bonchev–Trinajstić information content (AvgIpc) is 3.25. The summed E-state index contributed by atoms with van der Waals surface area (Å²) < 4.78 is 0. The number of fused-ring (bicyclic) bond motifs is 1. The number of hydrogen-bond acceptors (Lipinski definition) is 4. The Morgan fingerprint density at radius 2 is 1.86 bits per heavy atom. The van der Waals surface area contributed by atoms with Crippen molar-refractivity contribution in [1.82, 2.24) is 20.9 Å². The molecule has 0 spiro atoms. The molecule has 0 saturated carbocycles. The molecular weight excluding hydrogens is 444 g/mol. The smallest absolute Gasteiger partial charge is 0.319 e. The highest BCUT2D eigenvalue weighted by atomic mass is 16.2. The monoisotopic (exact) mass is 474 g/mol. The van der Waals surface area contributed by atoms with Crippen molar-refractivity contribution in [1.29, 1.82) is 5.26 Å². The highest BCUT2D eigenvalue weighted by Crippen LogP contribution is 2.18. The van der Waals surface area contributed by atoms with Crippen LogP contribution < -0.4 is 21.3 Å². The van der Waals surface area contributed by atoms with Crippen LogP contribution in [0.5, 0.6) is 0 Å². The van der Waals surface area contributed by atoms with Gasteiger partial charge in [-0.25, -0.2) is 4.79 Å². The largest absolute Gasteiger partial charge is 0.361 e. The summed E-state index contributed by atoms with van der Waals surface area (Å²) in [5, 5.41) is 20.6. The average molecular weight is 475 g/mol. The van der Waals surface area contributed by atoms with E-state index in [1.54, 1.807) is 24.3 Å². The van der Waals surface area contributed by atoms with Gasteiger partial charge in [-0.3, -0.25) is 9.59 Å². The summed E-state index contributed by atoms with van der Waals surface area (Å²) in [6.45, 7) is 4.21. The molecule has 0 radical (unpaired) electrons. The first-order valence-electron chi connectivity index (χ1n) is 11.5. The van der Waals surface area contributed by atoms with E-state index in [-0.39, 0.29) is 18.5 Å². The highest BCUT2D eigenvalue weighted by molar-refractivity contribution is 5.99. The van der Waals surface area contributed by atoms with Crippen LogP contribution in [0, 0.1) is 17.2 Å². The minimum atomic E-state index is -0.764. The molecule has 0 bridgehead atoms. The minimum Gasteiger partial charge on any atom is -0.361 e. The van der Waals surface area contributed by atoms with Crippen LogP contribution in [0.3, 0.4) is 0 Å². The lowest BCUT2D eigenvalue weighted by Crippen LogP contribution is -2.47. The van der Waals surface area contributed by atoms with E-state index in [4.69, 9.17) is 5.26 Å². The van der Waals surface area contributed by atoms with Gasteiger partial charge in [-0.15, -0.1) is 0 Å². The summed E-state index contributed by atoms with van der Waals surface area (Å²) in [5.74, 6) is -0.683. The number of aromatic amines is 1. The number of anilines is 1. The molecular formula is C26H30N6O3. The second-order valence-electron chi connectivity index (χ2n) is 8.60. The predicted octanol–water partition coefficient (Wildman–Crippen LogP) is 3.32. The third kappa shape index (κ3) is 7.33. The maximum Gasteiger partial charge on any atom is 0.319 e. The van der Waals surface area contributed by atoms with Gasteiger partial charge in [0.05, 0.1) is 6.07 Å². The second kappa shape index (κ2) is 12.2. The van der Waals surface area contributed by atoms with Gasteiger partial charge in [-0.05, 0) is 48.6 Å². The van der Waals surface area contributed by atoms with Gasteiger partial charge in [0.25, 0.3) is 5.91 Å². The molecule has 1 unspecified atom stereocenters. The molecule has 0 aliphatic rings. The van der Waals surface area contributed by atoms with Crippen molar-refractivity contribution in [3.8, 4) is 6.07 Å². The number of para-hydroxylation sites is 1. The molecule has 0 aliphatic carbocycles. The van der Waals surface area contributed by atoms with Gasteiger partial charge in [0, 0.05) is 34.9 Å². The van der Waals surface area contributed by atoms with Gasteiger partial charge < -0.3 is 26.3 Å². The van der Waals surface area contributed by atoms with E-state index in [9.17, 15) is 14.4 Å². The van der Waals surface area contributed by atoms with Gasteiger partial charge in [0.2, 0.25) is 5.91 Å². The van der Waals surface area contributed by atoms with Crippen molar-refractivity contribution >= 4 is 34.4 Å². The summed E-state index contributed by atoms with van der Waals surface area (Å²) in [6.07, 6.45) is 3.05. The van der Waals surface area contributed by atoms with Crippen molar-refractivity contribution in [2.45, 2.75) is 32.7 Å². The fraction of sp³-hybridized carbons (Fsp3) is 0.308. The van der Waals surface area contributed by atoms with Crippen molar-refractivity contribution in [2.24, 2.45) is 5.92 Å². The molecule has 0 fully saturated rings. The number of nitrogens with one attached hydrogen (secondary N) is 5. The topological polar surface area (TPSA) is 139 Å². The van der Waals surface area contributed by atoms with Gasteiger partial charge in [0.1, 0.15) is 12.6 Å². The molecule has 9 heteroatoms. The summed E-state index contributed by atoms with van der Waals surface area (Å²) in [5.41, 5.74) is 2.94. The van der Waals surface area contributed by atoms with E-state index in [0.29, 0.717) is 30.6 Å². The Bertz CT molecular complexity index is 1230. The number of aromatic nitrogens is 1. The highest BCUT2D eigenvalue weighted by Gasteiger charge is 2.22. The van der Waals surface area contributed by atoms with Crippen LogP contribution >= 0.6 is 0 Å². The first-order valence-corrected chi connectivity index (χ1v) is 11.5. The van der Waals surface area contributed by atoms with E-state index < -0.39 is 17.9 Å². The lowest BCUT2D eigenvalue weighted by Gasteiger charge is -2.19. The van der Waals surface area contributed by atoms with Crippen molar-refractivity contribution < 1.29 is 14.4 Å². The Labute approximate surface area is 204 Å². The lowest BCUT2D eigenvalue weighted by atomic mass is 10.0. The van der Waals surface area contributed by atoms with E-state index in [1.807, 2.05) is 50.4 Å². The van der Waals surface area contributed by atoms with Gasteiger partial charge >= 0.3 is 6.03 Å². The zero-order valence-electron chi connectivity index (χ0n) is 19.9. The van der Waals surface area contributed by atoms with E-state index in [0.717, 1.165) is 16.5 Å². The van der Waals surface area contributed by atoms with Crippen LogP contribution in [0.1, 0.15) is 36.2 Å². The molecule has 1 heterocycles. The van der Waals surface area contributed by atoms with Crippen LogP contribution in [-0.2, 0) is 11.2 Å². The van der Waals surface area contributed by atoms with E-state index >= 15 is 0 Å². The number of H-pyrrole nitrogens is 1. The first kappa shape index (κ1) is 25.3. The summed E-state index contributed by atoms with van der Waals surface area (Å²) in [6, 6.07) is 15.2. The van der Waals surface area contributed by atoms with Crippen LogP contribution in [0.25, 0.3) is 10.9 Å². The third-order valence-electron chi connectivity index (χ3n) is 5.41. The normalized spacial score (nSPS) is 11.5. The number of nitriles is 1. The summed E-state index contributed by atoms with van der Waals surface area (Å²) in [7, 11) is 0. The molecule has 5 N–H and O–H groups in total. The van der Waals surface area contributed by atoms with Gasteiger partial charge in [-0.2, -0.15) is 5.26 Å². The summed E-state index contributed by atoms with van der Waals surface area (Å²) in [4.78, 5) is 40.7. The Balaban J connectivity index is 1.55. The van der Waals surface area contributed by atoms with Crippen molar-refractivity contribution in [3.63, 3.8) is 0 Å². The minimum absolute atomic E-state index is 0.127. The van der Waals surface area contributed by atoms with Crippen LogP contribution in [-0.4, -0.2) is 42.0 Å². The maximum absolute atomic E-state index is 12.8. The number of urea groups is 1. The summed E-state index contributed by atoms with van der Waals surface area (Å²) >= 11 is 0. The number of carbonyl (C=O) groups excluding carboxylic acids is 3. The van der Waals surface area contributed by atoms with Crippen LogP contribution in [0.15, 0.2) is 54.7 Å². The van der Waals surface area contributed by atoms with Crippen LogP contribution in [0.4, 0.5) is 10.5 Å². The Kier molecular flexibility index (Phi) is 8.84. The predicted molar refractivity (Wildman–Crippen MR) is 135 cm³/mol. The van der Waals surface area contributed by atoms with Gasteiger partial charge in [-0.1, -0.05) is 38.1 Å². The molecule has 0 aliphatic heterocycles. The quantitative estimate of drug-likeness (QED) is 0.288. The van der Waals surface area contributed by atoms with Gasteiger partial charge in [0.15, 0.2) is 0 Å². The first-order chi connectivity index (χ1) is 16.9. The zero-order chi connectivity index (χ0) is 25.2. The van der Waals surface area contributed by atoms with E-state index in [2.05, 4.69) is 26.3 Å². The number of nitrogens with zero attached hydrogens (tertiary/aromatic N) is 1. The fourth-order valence-electron chi connectivity index (χ4n) is 3.76. The number of benzene rings is 2. The molecule has 3 aromatic rings. The third-order valence-corrected chi connectivity index (χ3v) is 5.41. The molecule has 4 amide bonds. The SMILES string of the molecule is CC(C)CC(NC(=O)c1cccc(NC(=O)NCCc2c[nH]c3ccccc23)c1)C(=O)NCC#N.